The second kappa shape index (κ2) is 6.21. The first-order valence-corrected chi connectivity index (χ1v) is 8.42. The molecule has 0 radical (unpaired) electrons. The summed E-state index contributed by atoms with van der Waals surface area (Å²) in [4.78, 5) is 4.82. The highest BCUT2D eigenvalue weighted by molar-refractivity contribution is 8.14. The summed E-state index contributed by atoms with van der Waals surface area (Å²) in [5, 5.41) is 4.61. The van der Waals surface area contributed by atoms with E-state index in [1.54, 1.807) is 0 Å². The maximum Gasteiger partial charge on any atom is 0.161 e. The number of nitrogens with zero attached hydrogens (tertiary/aromatic N) is 1. The molecule has 1 aliphatic heterocycles. The van der Waals surface area contributed by atoms with E-state index in [0.717, 1.165) is 10.9 Å². The predicted molar refractivity (Wildman–Crippen MR) is 91.9 cm³/mol. The van der Waals surface area contributed by atoms with Crippen molar-refractivity contribution in [2.24, 2.45) is 10.9 Å². The smallest absolute Gasteiger partial charge is 0.161 e. The number of hydrogen-bond donors (Lipinski definition) is 1. The van der Waals surface area contributed by atoms with Gasteiger partial charge in [-0.2, -0.15) is 0 Å². The van der Waals surface area contributed by atoms with Crippen molar-refractivity contribution in [3.05, 3.63) is 29.8 Å². The van der Waals surface area contributed by atoms with Gasteiger partial charge in [-0.1, -0.05) is 64.6 Å². The van der Waals surface area contributed by atoms with Crippen LogP contribution in [-0.2, 0) is 5.41 Å². The second-order valence-electron chi connectivity index (χ2n) is 6.95. The monoisotopic (exact) mass is 290 g/mol. The van der Waals surface area contributed by atoms with E-state index >= 15 is 0 Å². The SMILES string of the molecule is CC(C)CC1CSC(Nc2ccccc2C(C)(C)C)=N1. The van der Waals surface area contributed by atoms with E-state index in [1.165, 1.54) is 17.7 Å². The Morgan fingerprint density at radius 1 is 1.30 bits per heavy atom. The Balaban J connectivity index is 2.12. The first-order chi connectivity index (χ1) is 9.36. The molecule has 0 bridgehead atoms. The van der Waals surface area contributed by atoms with Gasteiger partial charge in [0.2, 0.25) is 0 Å². The number of aliphatic imine (C=N–C) groups is 1. The summed E-state index contributed by atoms with van der Waals surface area (Å²) in [6, 6.07) is 9.03. The van der Waals surface area contributed by atoms with E-state index in [2.05, 4.69) is 64.2 Å². The fourth-order valence-corrected chi connectivity index (χ4v) is 3.48. The highest BCUT2D eigenvalue weighted by Crippen LogP contribution is 2.31. The lowest BCUT2D eigenvalue weighted by Gasteiger charge is -2.23. The van der Waals surface area contributed by atoms with Crippen LogP contribution in [0.4, 0.5) is 5.69 Å². The maximum absolute atomic E-state index is 4.82. The molecule has 1 heterocycles. The summed E-state index contributed by atoms with van der Waals surface area (Å²) >= 11 is 1.85. The molecule has 1 aliphatic rings. The lowest BCUT2D eigenvalue weighted by atomic mass is 9.86. The minimum Gasteiger partial charge on any atom is -0.335 e. The molecule has 1 aromatic rings. The van der Waals surface area contributed by atoms with Gasteiger partial charge in [0.25, 0.3) is 0 Å². The molecule has 0 amide bonds. The standard InChI is InChI=1S/C17H26N2S/c1-12(2)10-13-11-20-16(18-13)19-15-9-7-6-8-14(15)17(3,4)5/h6-9,12-13H,10-11H2,1-5H3,(H,18,19). The quantitative estimate of drug-likeness (QED) is 0.855. The fourth-order valence-electron chi connectivity index (χ4n) is 2.51. The molecule has 1 aromatic carbocycles. The van der Waals surface area contributed by atoms with Crippen LogP contribution in [-0.4, -0.2) is 17.0 Å². The first-order valence-electron chi connectivity index (χ1n) is 7.43. The molecule has 1 unspecified atom stereocenters. The summed E-state index contributed by atoms with van der Waals surface area (Å²) in [5.41, 5.74) is 2.68. The van der Waals surface area contributed by atoms with E-state index in [0.29, 0.717) is 12.0 Å². The summed E-state index contributed by atoms with van der Waals surface area (Å²) in [7, 11) is 0. The number of thioether (sulfide) groups is 1. The van der Waals surface area contributed by atoms with Crippen molar-refractivity contribution in [2.45, 2.75) is 52.5 Å². The number of hydrogen-bond acceptors (Lipinski definition) is 3. The van der Waals surface area contributed by atoms with Crippen LogP contribution in [0.15, 0.2) is 29.3 Å². The summed E-state index contributed by atoms with van der Waals surface area (Å²) in [6.45, 7) is 11.3. The summed E-state index contributed by atoms with van der Waals surface area (Å²) in [5.74, 6) is 1.82. The highest BCUT2D eigenvalue weighted by Gasteiger charge is 2.22. The third-order valence-electron chi connectivity index (χ3n) is 3.43. The van der Waals surface area contributed by atoms with Crippen LogP contribution in [0.5, 0.6) is 0 Å². The Hall–Kier alpha value is -0.960. The predicted octanol–water partition coefficient (Wildman–Crippen LogP) is 4.91. The zero-order chi connectivity index (χ0) is 14.8. The van der Waals surface area contributed by atoms with Crippen LogP contribution in [0.1, 0.15) is 46.6 Å². The molecule has 2 nitrogen and oxygen atoms in total. The van der Waals surface area contributed by atoms with Gasteiger partial charge in [0.05, 0.1) is 6.04 Å². The lowest BCUT2D eigenvalue weighted by molar-refractivity contribution is 0.529. The number of benzene rings is 1. The van der Waals surface area contributed by atoms with E-state index in [4.69, 9.17) is 4.99 Å². The van der Waals surface area contributed by atoms with Gasteiger partial charge in [-0.15, -0.1) is 0 Å². The van der Waals surface area contributed by atoms with Crippen LogP contribution < -0.4 is 5.32 Å². The Morgan fingerprint density at radius 3 is 2.65 bits per heavy atom. The van der Waals surface area contributed by atoms with Gasteiger partial charge in [-0.25, -0.2) is 0 Å². The fraction of sp³-hybridized carbons (Fsp3) is 0.588. The average Bonchev–Trinajstić information content (AvgIpc) is 2.75. The first kappa shape index (κ1) is 15.4. The molecule has 0 saturated heterocycles. The number of para-hydroxylation sites is 1. The zero-order valence-corrected chi connectivity index (χ0v) is 14.1. The number of nitrogens with one attached hydrogen (secondary N) is 1. The molecule has 2 rings (SSSR count). The van der Waals surface area contributed by atoms with Gasteiger partial charge in [0.1, 0.15) is 0 Å². The molecular formula is C17H26N2S. The normalized spacial score (nSPS) is 19.3. The zero-order valence-electron chi connectivity index (χ0n) is 13.2. The van der Waals surface area contributed by atoms with E-state index < -0.39 is 0 Å². The molecule has 3 heteroatoms. The van der Waals surface area contributed by atoms with Crippen molar-refractivity contribution in [1.82, 2.24) is 0 Å². The lowest BCUT2D eigenvalue weighted by Crippen LogP contribution is -2.16. The van der Waals surface area contributed by atoms with Crippen molar-refractivity contribution in [2.75, 3.05) is 11.1 Å². The van der Waals surface area contributed by atoms with E-state index in [-0.39, 0.29) is 5.41 Å². The molecule has 110 valence electrons. The molecular weight excluding hydrogens is 264 g/mol. The molecule has 0 fully saturated rings. The van der Waals surface area contributed by atoms with E-state index in [1.807, 2.05) is 11.8 Å². The van der Waals surface area contributed by atoms with Gasteiger partial charge >= 0.3 is 0 Å². The minimum absolute atomic E-state index is 0.144. The van der Waals surface area contributed by atoms with Crippen LogP contribution in [0.25, 0.3) is 0 Å². The van der Waals surface area contributed by atoms with Crippen molar-refractivity contribution < 1.29 is 0 Å². The molecule has 0 aromatic heterocycles. The molecule has 0 spiro atoms. The molecule has 20 heavy (non-hydrogen) atoms. The minimum atomic E-state index is 0.144. The molecule has 0 aliphatic carbocycles. The summed E-state index contributed by atoms with van der Waals surface area (Å²) in [6.07, 6.45) is 1.18. The van der Waals surface area contributed by atoms with Crippen molar-refractivity contribution in [1.29, 1.82) is 0 Å². The van der Waals surface area contributed by atoms with Crippen LogP contribution in [0, 0.1) is 5.92 Å². The van der Waals surface area contributed by atoms with Crippen molar-refractivity contribution in [3.63, 3.8) is 0 Å². The maximum atomic E-state index is 4.82. The van der Waals surface area contributed by atoms with Crippen molar-refractivity contribution in [3.8, 4) is 0 Å². The second-order valence-corrected chi connectivity index (χ2v) is 7.96. The van der Waals surface area contributed by atoms with Crippen LogP contribution in [0.3, 0.4) is 0 Å². The average molecular weight is 290 g/mol. The highest BCUT2D eigenvalue weighted by atomic mass is 32.2. The van der Waals surface area contributed by atoms with Gasteiger partial charge in [-0.05, 0) is 29.4 Å². The van der Waals surface area contributed by atoms with Crippen molar-refractivity contribution >= 4 is 22.6 Å². The molecule has 0 saturated carbocycles. The Bertz CT molecular complexity index is 486. The van der Waals surface area contributed by atoms with Gasteiger partial charge in [-0.3, -0.25) is 4.99 Å². The molecule has 1 atom stereocenters. The Labute approximate surface area is 127 Å². The number of anilines is 1. The Kier molecular flexibility index (Phi) is 4.79. The third kappa shape index (κ3) is 4.02. The third-order valence-corrected chi connectivity index (χ3v) is 4.46. The van der Waals surface area contributed by atoms with Crippen LogP contribution >= 0.6 is 11.8 Å². The van der Waals surface area contributed by atoms with Gasteiger partial charge < -0.3 is 5.32 Å². The van der Waals surface area contributed by atoms with Crippen LogP contribution in [0.2, 0.25) is 0 Å². The largest absolute Gasteiger partial charge is 0.335 e. The van der Waals surface area contributed by atoms with Gasteiger partial charge in [0.15, 0.2) is 5.17 Å². The molecule has 1 N–H and O–H groups in total. The summed E-state index contributed by atoms with van der Waals surface area (Å²) < 4.78 is 0. The Morgan fingerprint density at radius 2 is 2.00 bits per heavy atom. The topological polar surface area (TPSA) is 24.4 Å². The van der Waals surface area contributed by atoms with Gasteiger partial charge in [0, 0.05) is 11.4 Å². The number of rotatable bonds is 3. The van der Waals surface area contributed by atoms with E-state index in [9.17, 15) is 0 Å². The number of amidine groups is 1.